The average Bonchev–Trinajstić information content (AvgIpc) is 2.96. The lowest BCUT2D eigenvalue weighted by Crippen LogP contribution is -1.91. The Hall–Kier alpha value is -2.11. The molecule has 5 nitrogen and oxygen atoms in total. The summed E-state index contributed by atoms with van der Waals surface area (Å²) in [5.74, 6) is 0.709. The number of para-hydroxylation sites is 1. The Labute approximate surface area is 130 Å². The molecule has 3 rings (SSSR count). The molecule has 2 heterocycles. The van der Waals surface area contributed by atoms with Crippen molar-refractivity contribution >= 4 is 28.9 Å². The monoisotopic (exact) mass is 320 g/mol. The first-order valence-corrected chi connectivity index (χ1v) is 6.87. The number of nitrogens with zero attached hydrogens (tertiary/aromatic N) is 3. The molecule has 3 aromatic rings. The number of pyridine rings is 1. The Morgan fingerprint density at radius 2 is 2.00 bits per heavy atom. The number of hydrogen-bond acceptors (Lipinski definition) is 5. The quantitative estimate of drug-likeness (QED) is 0.785. The smallest absolute Gasteiger partial charge is 0.260 e. The number of hydrogen-bond donors (Lipinski definition) is 1. The Morgan fingerprint density at radius 3 is 2.76 bits per heavy atom. The molecule has 0 spiro atoms. The summed E-state index contributed by atoms with van der Waals surface area (Å²) in [6.45, 7) is 0. The second-order valence-corrected chi connectivity index (χ2v) is 5.05. The van der Waals surface area contributed by atoms with Crippen molar-refractivity contribution in [1.82, 2.24) is 15.1 Å². The summed E-state index contributed by atoms with van der Waals surface area (Å²) in [4.78, 5) is 8.48. The summed E-state index contributed by atoms with van der Waals surface area (Å²) in [5.41, 5.74) is 2.13. The van der Waals surface area contributed by atoms with Gasteiger partial charge in [-0.1, -0.05) is 40.5 Å². The van der Waals surface area contributed by atoms with E-state index in [-0.39, 0.29) is 0 Å². The van der Waals surface area contributed by atoms with Crippen LogP contribution in [0.2, 0.25) is 10.0 Å². The lowest BCUT2D eigenvalue weighted by atomic mass is 10.2. The fourth-order valence-corrected chi connectivity index (χ4v) is 2.36. The summed E-state index contributed by atoms with van der Waals surface area (Å²) < 4.78 is 5.30. The molecule has 0 aliphatic carbocycles. The van der Waals surface area contributed by atoms with Crippen molar-refractivity contribution in [2.75, 3.05) is 12.4 Å². The van der Waals surface area contributed by atoms with E-state index in [2.05, 4.69) is 20.4 Å². The van der Waals surface area contributed by atoms with E-state index < -0.39 is 0 Å². The van der Waals surface area contributed by atoms with Gasteiger partial charge in [-0.15, -0.1) is 0 Å². The molecular weight excluding hydrogens is 311 g/mol. The van der Waals surface area contributed by atoms with Crippen molar-refractivity contribution in [3.8, 4) is 23.0 Å². The van der Waals surface area contributed by atoms with Gasteiger partial charge in [0, 0.05) is 18.9 Å². The maximum absolute atomic E-state index is 6.10. The average molecular weight is 321 g/mol. The first-order valence-electron chi connectivity index (χ1n) is 6.11. The molecule has 106 valence electrons. The van der Waals surface area contributed by atoms with Gasteiger partial charge in [0.05, 0.1) is 15.6 Å². The molecule has 0 amide bonds. The Kier molecular flexibility index (Phi) is 3.77. The highest BCUT2D eigenvalue weighted by Crippen LogP contribution is 2.30. The fraction of sp³-hybridized carbons (Fsp3) is 0.0714. The standard InChI is InChI=1S/C14H10Cl2N4O/c1-17-11-5-3-2-4-9(11)14-19-13(20-21-14)12-10(16)6-8(15)7-18-12/h2-7,17H,1H3. The minimum Gasteiger partial charge on any atom is -0.387 e. The van der Waals surface area contributed by atoms with Crippen LogP contribution in [0.25, 0.3) is 23.0 Å². The van der Waals surface area contributed by atoms with E-state index >= 15 is 0 Å². The molecule has 2 aromatic heterocycles. The highest BCUT2D eigenvalue weighted by Gasteiger charge is 2.16. The van der Waals surface area contributed by atoms with Crippen LogP contribution in [0, 0.1) is 0 Å². The number of rotatable bonds is 3. The summed E-state index contributed by atoms with van der Waals surface area (Å²) in [5, 5.41) is 7.82. The predicted octanol–water partition coefficient (Wildman–Crippen LogP) is 4.15. The first kappa shape index (κ1) is 13.9. The Balaban J connectivity index is 2.04. The van der Waals surface area contributed by atoms with E-state index in [0.29, 0.717) is 27.5 Å². The zero-order chi connectivity index (χ0) is 14.8. The molecule has 0 fully saturated rings. The molecule has 0 atom stereocenters. The van der Waals surface area contributed by atoms with E-state index in [1.54, 1.807) is 6.07 Å². The van der Waals surface area contributed by atoms with Gasteiger partial charge in [0.25, 0.3) is 5.89 Å². The molecule has 0 aliphatic heterocycles. The molecule has 0 saturated carbocycles. The Morgan fingerprint density at radius 1 is 1.19 bits per heavy atom. The van der Waals surface area contributed by atoms with Crippen LogP contribution in [0.5, 0.6) is 0 Å². The molecule has 7 heteroatoms. The van der Waals surface area contributed by atoms with Gasteiger partial charge in [-0.2, -0.15) is 4.98 Å². The van der Waals surface area contributed by atoms with Gasteiger partial charge >= 0.3 is 0 Å². The van der Waals surface area contributed by atoms with E-state index in [4.69, 9.17) is 27.7 Å². The third-order valence-electron chi connectivity index (χ3n) is 2.87. The third-order valence-corrected chi connectivity index (χ3v) is 3.37. The molecule has 21 heavy (non-hydrogen) atoms. The van der Waals surface area contributed by atoms with Gasteiger partial charge < -0.3 is 9.84 Å². The number of halogens is 2. The molecule has 1 aromatic carbocycles. The summed E-state index contributed by atoms with van der Waals surface area (Å²) >= 11 is 11.9. The molecule has 0 bridgehead atoms. The summed E-state index contributed by atoms with van der Waals surface area (Å²) in [7, 11) is 1.83. The first-order chi connectivity index (χ1) is 10.2. The maximum Gasteiger partial charge on any atom is 0.260 e. The van der Waals surface area contributed by atoms with E-state index in [1.165, 1.54) is 6.20 Å². The predicted molar refractivity (Wildman–Crippen MR) is 82.5 cm³/mol. The molecular formula is C14H10Cl2N4O. The summed E-state index contributed by atoms with van der Waals surface area (Å²) in [6.07, 6.45) is 1.49. The van der Waals surface area contributed by atoms with Gasteiger partial charge in [-0.05, 0) is 18.2 Å². The third kappa shape index (κ3) is 2.70. The minimum atomic E-state index is 0.317. The lowest BCUT2D eigenvalue weighted by Gasteiger charge is -2.03. The summed E-state index contributed by atoms with van der Waals surface area (Å²) in [6, 6.07) is 9.22. The van der Waals surface area contributed by atoms with Crippen molar-refractivity contribution in [3.63, 3.8) is 0 Å². The van der Waals surface area contributed by atoms with E-state index in [0.717, 1.165) is 11.3 Å². The van der Waals surface area contributed by atoms with Crippen molar-refractivity contribution in [2.24, 2.45) is 0 Å². The second kappa shape index (κ2) is 5.71. The van der Waals surface area contributed by atoms with Gasteiger partial charge in [0.15, 0.2) is 0 Å². The Bertz CT molecular complexity index is 788. The van der Waals surface area contributed by atoms with Crippen molar-refractivity contribution in [3.05, 3.63) is 46.6 Å². The highest BCUT2D eigenvalue weighted by molar-refractivity contribution is 6.35. The highest BCUT2D eigenvalue weighted by atomic mass is 35.5. The topological polar surface area (TPSA) is 63.8 Å². The minimum absolute atomic E-state index is 0.317. The molecule has 0 unspecified atom stereocenters. The van der Waals surface area contributed by atoms with Gasteiger partial charge in [0.2, 0.25) is 5.82 Å². The van der Waals surface area contributed by atoms with E-state index in [1.807, 2.05) is 31.3 Å². The van der Waals surface area contributed by atoms with E-state index in [9.17, 15) is 0 Å². The number of benzene rings is 1. The molecule has 0 aliphatic rings. The zero-order valence-corrected chi connectivity index (χ0v) is 12.5. The van der Waals surface area contributed by atoms with Crippen molar-refractivity contribution < 1.29 is 4.52 Å². The van der Waals surface area contributed by atoms with Crippen LogP contribution in [-0.4, -0.2) is 22.2 Å². The van der Waals surface area contributed by atoms with Crippen LogP contribution in [0.1, 0.15) is 0 Å². The maximum atomic E-state index is 6.10. The van der Waals surface area contributed by atoms with Crippen LogP contribution < -0.4 is 5.32 Å². The fourth-order valence-electron chi connectivity index (χ4n) is 1.90. The number of nitrogens with one attached hydrogen (secondary N) is 1. The number of aromatic nitrogens is 3. The number of anilines is 1. The largest absolute Gasteiger partial charge is 0.387 e. The van der Waals surface area contributed by atoms with Gasteiger partial charge in [0.1, 0.15) is 5.69 Å². The van der Waals surface area contributed by atoms with Gasteiger partial charge in [-0.25, -0.2) is 4.98 Å². The van der Waals surface area contributed by atoms with Crippen LogP contribution in [-0.2, 0) is 0 Å². The van der Waals surface area contributed by atoms with Gasteiger partial charge in [-0.3, -0.25) is 0 Å². The lowest BCUT2D eigenvalue weighted by molar-refractivity contribution is 0.432. The molecule has 0 radical (unpaired) electrons. The van der Waals surface area contributed by atoms with Crippen molar-refractivity contribution in [1.29, 1.82) is 0 Å². The second-order valence-electron chi connectivity index (χ2n) is 4.20. The molecule has 0 saturated heterocycles. The van der Waals surface area contributed by atoms with Crippen LogP contribution in [0.4, 0.5) is 5.69 Å². The van der Waals surface area contributed by atoms with Crippen LogP contribution >= 0.6 is 23.2 Å². The zero-order valence-electron chi connectivity index (χ0n) is 11.0. The normalized spacial score (nSPS) is 10.6. The van der Waals surface area contributed by atoms with Crippen LogP contribution in [0.3, 0.4) is 0 Å². The molecule has 1 N–H and O–H groups in total. The SMILES string of the molecule is CNc1ccccc1-c1nc(-c2ncc(Cl)cc2Cl)no1. The van der Waals surface area contributed by atoms with Crippen molar-refractivity contribution in [2.45, 2.75) is 0 Å². The van der Waals surface area contributed by atoms with Crippen LogP contribution in [0.15, 0.2) is 41.1 Å².